The van der Waals surface area contributed by atoms with Crippen molar-refractivity contribution in [3.05, 3.63) is 0 Å². The van der Waals surface area contributed by atoms with Crippen LogP contribution in [0, 0.1) is 11.8 Å². The molecule has 1 saturated heterocycles. The number of unbranched alkanes of at least 4 members (excludes halogenated alkanes) is 8. The molecule has 2 heteroatoms. The maximum Gasteiger partial charge on any atom is 0.234 e. The lowest BCUT2D eigenvalue weighted by atomic mass is 10.1. The lowest BCUT2D eigenvalue weighted by molar-refractivity contribution is -0.127. The quantitative estimate of drug-likeness (QED) is 0.348. The van der Waals surface area contributed by atoms with Crippen LogP contribution in [0.25, 0.3) is 0 Å². The van der Waals surface area contributed by atoms with Crippen LogP contribution >= 0.6 is 0 Å². The van der Waals surface area contributed by atoms with E-state index in [9.17, 15) is 4.79 Å². The maximum atomic E-state index is 11.7. The molecule has 0 radical (unpaired) electrons. The molecule has 20 heavy (non-hydrogen) atoms. The van der Waals surface area contributed by atoms with Gasteiger partial charge in [0.1, 0.15) is 6.10 Å². The Bertz CT molecular complexity index is 305. The minimum atomic E-state index is -0.241. The van der Waals surface area contributed by atoms with Gasteiger partial charge in [0.15, 0.2) is 0 Å². The zero-order chi connectivity index (χ0) is 14.5. The van der Waals surface area contributed by atoms with E-state index >= 15 is 0 Å². The standard InChI is InChI=1S/C18H30O2/c1-2-3-4-5-6-7-8-9-10-11-14-17(19)18-15-12-13-16-20-18/h18H,2-10,12-13,15-16H2,1H3. The van der Waals surface area contributed by atoms with E-state index in [1.165, 1.54) is 44.9 Å². The summed E-state index contributed by atoms with van der Waals surface area (Å²) in [6.07, 6.45) is 14.1. The predicted molar refractivity (Wildman–Crippen MR) is 83.6 cm³/mol. The first-order valence-electron chi connectivity index (χ1n) is 8.49. The molecule has 2 nitrogen and oxygen atoms in total. The molecule has 0 aliphatic carbocycles. The lowest BCUT2D eigenvalue weighted by Crippen LogP contribution is -2.26. The summed E-state index contributed by atoms with van der Waals surface area (Å²) in [4.78, 5) is 11.7. The van der Waals surface area contributed by atoms with E-state index in [1.54, 1.807) is 0 Å². The Morgan fingerprint density at radius 3 is 2.40 bits per heavy atom. The van der Waals surface area contributed by atoms with Crippen molar-refractivity contribution >= 4 is 5.78 Å². The molecule has 0 N–H and O–H groups in total. The average molecular weight is 278 g/mol. The van der Waals surface area contributed by atoms with Gasteiger partial charge in [-0.25, -0.2) is 0 Å². The fraction of sp³-hybridized carbons (Fsp3) is 0.833. The first kappa shape index (κ1) is 17.2. The number of carbonyl (C=O) groups excluding carboxylic acids is 1. The summed E-state index contributed by atoms with van der Waals surface area (Å²) in [5.41, 5.74) is 0. The van der Waals surface area contributed by atoms with Crippen LogP contribution in [0.2, 0.25) is 0 Å². The van der Waals surface area contributed by atoms with Gasteiger partial charge in [0.25, 0.3) is 0 Å². The SMILES string of the molecule is CCCCCCCCCCC#CC(=O)C1CCCCO1. The predicted octanol–water partition coefficient (Wildman–Crippen LogP) is 4.66. The summed E-state index contributed by atoms with van der Waals surface area (Å²) in [6.45, 7) is 2.97. The summed E-state index contributed by atoms with van der Waals surface area (Å²) in [6, 6.07) is 0. The van der Waals surface area contributed by atoms with Crippen molar-refractivity contribution in [1.29, 1.82) is 0 Å². The van der Waals surface area contributed by atoms with Gasteiger partial charge in [-0.1, -0.05) is 57.8 Å². The minimum absolute atomic E-state index is 0.00994. The first-order valence-corrected chi connectivity index (χ1v) is 8.49. The Hall–Kier alpha value is -0.810. The van der Waals surface area contributed by atoms with Crippen LogP contribution < -0.4 is 0 Å². The highest BCUT2D eigenvalue weighted by Crippen LogP contribution is 2.13. The normalized spacial score (nSPS) is 18.4. The molecule has 0 aromatic rings. The zero-order valence-corrected chi connectivity index (χ0v) is 13.1. The molecule has 0 spiro atoms. The number of carbonyl (C=O) groups is 1. The van der Waals surface area contributed by atoms with Gasteiger partial charge in [-0.2, -0.15) is 0 Å². The number of ether oxygens (including phenoxy) is 1. The van der Waals surface area contributed by atoms with Crippen molar-refractivity contribution in [1.82, 2.24) is 0 Å². The molecule has 114 valence electrons. The molecule has 1 aliphatic heterocycles. The van der Waals surface area contributed by atoms with Gasteiger partial charge in [-0.05, 0) is 31.6 Å². The molecule has 0 bridgehead atoms. The topological polar surface area (TPSA) is 26.3 Å². The summed E-state index contributed by atoms with van der Waals surface area (Å²) < 4.78 is 5.43. The van der Waals surface area contributed by atoms with Crippen molar-refractivity contribution < 1.29 is 9.53 Å². The summed E-state index contributed by atoms with van der Waals surface area (Å²) in [5.74, 6) is 5.76. The molecule has 0 aromatic carbocycles. The van der Waals surface area contributed by atoms with Gasteiger partial charge >= 0.3 is 0 Å². The molecule has 1 atom stereocenters. The van der Waals surface area contributed by atoms with Crippen molar-refractivity contribution in [3.63, 3.8) is 0 Å². The van der Waals surface area contributed by atoms with Gasteiger partial charge < -0.3 is 4.74 Å². The second kappa shape index (κ2) is 12.0. The molecule has 1 fully saturated rings. The molecule has 1 rings (SSSR count). The third-order valence-electron chi connectivity index (χ3n) is 3.84. The third kappa shape index (κ3) is 8.38. The number of hydrogen-bond acceptors (Lipinski definition) is 2. The van der Waals surface area contributed by atoms with Crippen LogP contribution in [-0.2, 0) is 9.53 Å². The van der Waals surface area contributed by atoms with Gasteiger partial charge in [-0.3, -0.25) is 4.79 Å². The average Bonchev–Trinajstić information content (AvgIpc) is 2.50. The summed E-state index contributed by atoms with van der Waals surface area (Å²) >= 11 is 0. The van der Waals surface area contributed by atoms with Gasteiger partial charge in [-0.15, -0.1) is 0 Å². The highest BCUT2D eigenvalue weighted by atomic mass is 16.5. The van der Waals surface area contributed by atoms with Gasteiger partial charge in [0, 0.05) is 13.0 Å². The molecule has 0 saturated carbocycles. The van der Waals surface area contributed by atoms with Crippen LogP contribution in [0.3, 0.4) is 0 Å². The highest BCUT2D eigenvalue weighted by molar-refractivity contribution is 5.99. The highest BCUT2D eigenvalue weighted by Gasteiger charge is 2.19. The second-order valence-corrected chi connectivity index (χ2v) is 5.75. The van der Waals surface area contributed by atoms with E-state index in [2.05, 4.69) is 18.8 Å². The van der Waals surface area contributed by atoms with Crippen LogP contribution in [-0.4, -0.2) is 18.5 Å². The lowest BCUT2D eigenvalue weighted by Gasteiger charge is -2.18. The van der Waals surface area contributed by atoms with Crippen LogP contribution in [0.5, 0.6) is 0 Å². The maximum absolute atomic E-state index is 11.7. The van der Waals surface area contributed by atoms with E-state index in [4.69, 9.17) is 4.74 Å². The minimum Gasteiger partial charge on any atom is -0.369 e. The number of hydrogen-bond donors (Lipinski definition) is 0. The zero-order valence-electron chi connectivity index (χ0n) is 13.1. The van der Waals surface area contributed by atoms with Gasteiger partial charge in [0.2, 0.25) is 5.78 Å². The fourth-order valence-corrected chi connectivity index (χ4v) is 2.52. The Morgan fingerprint density at radius 1 is 1.05 bits per heavy atom. The largest absolute Gasteiger partial charge is 0.369 e. The summed E-state index contributed by atoms with van der Waals surface area (Å²) in [7, 11) is 0. The second-order valence-electron chi connectivity index (χ2n) is 5.75. The van der Waals surface area contributed by atoms with E-state index in [0.29, 0.717) is 0 Å². The molecule has 1 heterocycles. The molecule has 1 aliphatic rings. The van der Waals surface area contributed by atoms with E-state index < -0.39 is 0 Å². The number of Topliss-reactive ketones (excluding diaryl/α,β-unsaturated/α-hetero) is 1. The summed E-state index contributed by atoms with van der Waals surface area (Å²) in [5, 5.41) is 0. The van der Waals surface area contributed by atoms with E-state index in [-0.39, 0.29) is 11.9 Å². The molecule has 1 unspecified atom stereocenters. The molecule has 0 amide bonds. The molecular formula is C18H30O2. The van der Waals surface area contributed by atoms with Crippen LogP contribution in [0.15, 0.2) is 0 Å². The van der Waals surface area contributed by atoms with Crippen molar-refractivity contribution in [3.8, 4) is 11.8 Å². The monoisotopic (exact) mass is 278 g/mol. The smallest absolute Gasteiger partial charge is 0.234 e. The van der Waals surface area contributed by atoms with Crippen molar-refractivity contribution in [2.75, 3.05) is 6.61 Å². The van der Waals surface area contributed by atoms with Crippen LogP contribution in [0.1, 0.15) is 84.0 Å². The van der Waals surface area contributed by atoms with Crippen molar-refractivity contribution in [2.45, 2.75) is 90.1 Å². The van der Waals surface area contributed by atoms with Crippen molar-refractivity contribution in [2.24, 2.45) is 0 Å². The van der Waals surface area contributed by atoms with Gasteiger partial charge in [0.05, 0.1) is 0 Å². The molecule has 0 aromatic heterocycles. The number of rotatable bonds is 9. The molecular weight excluding hydrogens is 248 g/mol. The Kier molecular flexibility index (Phi) is 10.3. The Morgan fingerprint density at radius 2 is 1.75 bits per heavy atom. The number of ketones is 1. The van der Waals surface area contributed by atoms with Crippen LogP contribution in [0.4, 0.5) is 0 Å². The first-order chi connectivity index (χ1) is 9.84. The fourth-order valence-electron chi connectivity index (χ4n) is 2.52. The Balaban J connectivity index is 1.95. The Labute approximate surface area is 124 Å². The van der Waals surface area contributed by atoms with E-state index in [0.717, 1.165) is 38.7 Å². The third-order valence-corrected chi connectivity index (χ3v) is 3.84. The van der Waals surface area contributed by atoms with E-state index in [1.807, 2.05) is 0 Å².